The quantitative estimate of drug-likeness (QED) is 0.884. The van der Waals surface area contributed by atoms with Crippen molar-refractivity contribution in [2.45, 2.75) is 32.4 Å². The van der Waals surface area contributed by atoms with Crippen molar-refractivity contribution < 1.29 is 9.90 Å². The van der Waals surface area contributed by atoms with E-state index in [0.29, 0.717) is 26.2 Å². The molecule has 0 spiro atoms. The summed E-state index contributed by atoms with van der Waals surface area (Å²) in [5, 5.41) is 9.95. The lowest BCUT2D eigenvalue weighted by Crippen LogP contribution is -2.63. The normalized spacial score (nSPS) is 17.6. The van der Waals surface area contributed by atoms with Crippen molar-refractivity contribution >= 4 is 5.91 Å². The molecule has 1 amide bonds. The van der Waals surface area contributed by atoms with Gasteiger partial charge in [-0.05, 0) is 24.5 Å². The monoisotopic (exact) mass is 276 g/mol. The van der Waals surface area contributed by atoms with Crippen molar-refractivity contribution in [1.82, 2.24) is 9.80 Å². The number of carbonyl (C=O) groups excluding carboxylic acids is 1. The standard InChI is InChI=1S/C16H24N2O2/c1-4-16(20)11-18(12-16)10-15(19)17(3)9-14-8-6-5-7-13(14)2/h5-8,20H,4,9-12H2,1-3H3. The van der Waals surface area contributed by atoms with Crippen LogP contribution in [0.1, 0.15) is 24.5 Å². The van der Waals surface area contributed by atoms with Gasteiger partial charge in [0.1, 0.15) is 0 Å². The fourth-order valence-corrected chi connectivity index (χ4v) is 2.56. The molecule has 20 heavy (non-hydrogen) atoms. The zero-order valence-electron chi connectivity index (χ0n) is 12.6. The van der Waals surface area contributed by atoms with Crippen LogP contribution in [0.2, 0.25) is 0 Å². The van der Waals surface area contributed by atoms with Crippen molar-refractivity contribution in [1.29, 1.82) is 0 Å². The van der Waals surface area contributed by atoms with Gasteiger partial charge in [0, 0.05) is 26.7 Å². The Morgan fingerprint density at radius 1 is 1.40 bits per heavy atom. The minimum absolute atomic E-state index is 0.103. The van der Waals surface area contributed by atoms with Gasteiger partial charge >= 0.3 is 0 Å². The molecule has 0 aromatic heterocycles. The maximum atomic E-state index is 12.2. The summed E-state index contributed by atoms with van der Waals surface area (Å²) in [5.74, 6) is 0.103. The van der Waals surface area contributed by atoms with Crippen LogP contribution < -0.4 is 0 Å². The van der Waals surface area contributed by atoms with Gasteiger partial charge in [-0.25, -0.2) is 0 Å². The first-order valence-electron chi connectivity index (χ1n) is 7.17. The van der Waals surface area contributed by atoms with Crippen LogP contribution in [0, 0.1) is 6.92 Å². The number of benzene rings is 1. The SMILES string of the molecule is CCC1(O)CN(CC(=O)N(C)Cc2ccccc2C)C1. The Labute approximate surface area is 121 Å². The van der Waals surface area contributed by atoms with Gasteiger partial charge in [-0.1, -0.05) is 31.2 Å². The molecule has 1 N–H and O–H groups in total. The van der Waals surface area contributed by atoms with Crippen LogP contribution in [-0.4, -0.2) is 53.1 Å². The van der Waals surface area contributed by atoms with Gasteiger partial charge in [0.2, 0.25) is 5.91 Å². The molecule has 0 radical (unpaired) electrons. The van der Waals surface area contributed by atoms with E-state index in [9.17, 15) is 9.90 Å². The molecule has 0 bridgehead atoms. The second kappa shape index (κ2) is 5.94. The number of carbonyl (C=O) groups is 1. The Balaban J connectivity index is 1.83. The number of β-amino-alcohol motifs (C(OH)–C–C–N with tert-alkyl or cyclic N) is 1. The second-order valence-electron chi connectivity index (χ2n) is 5.90. The topological polar surface area (TPSA) is 43.8 Å². The summed E-state index contributed by atoms with van der Waals surface area (Å²) < 4.78 is 0. The van der Waals surface area contributed by atoms with Crippen LogP contribution in [-0.2, 0) is 11.3 Å². The number of aliphatic hydroxyl groups is 1. The molecule has 1 aromatic rings. The maximum Gasteiger partial charge on any atom is 0.236 e. The molecule has 1 aromatic carbocycles. The molecule has 1 saturated heterocycles. The van der Waals surface area contributed by atoms with E-state index in [4.69, 9.17) is 0 Å². The lowest BCUT2D eigenvalue weighted by molar-refractivity contribution is -0.141. The van der Waals surface area contributed by atoms with E-state index in [1.165, 1.54) is 11.1 Å². The fourth-order valence-electron chi connectivity index (χ4n) is 2.56. The average molecular weight is 276 g/mol. The van der Waals surface area contributed by atoms with Gasteiger partial charge < -0.3 is 10.0 Å². The molecule has 2 rings (SSSR count). The molecule has 1 aliphatic heterocycles. The largest absolute Gasteiger partial charge is 0.387 e. The second-order valence-corrected chi connectivity index (χ2v) is 5.90. The Morgan fingerprint density at radius 3 is 2.65 bits per heavy atom. The highest BCUT2D eigenvalue weighted by molar-refractivity contribution is 5.78. The Hall–Kier alpha value is -1.39. The Bertz CT molecular complexity index is 481. The highest BCUT2D eigenvalue weighted by atomic mass is 16.3. The number of likely N-dealkylation sites (N-methyl/N-ethyl adjacent to an activating group) is 1. The lowest BCUT2D eigenvalue weighted by atomic mass is 9.91. The number of nitrogens with zero attached hydrogens (tertiary/aromatic N) is 2. The minimum Gasteiger partial charge on any atom is -0.387 e. The van der Waals surface area contributed by atoms with Crippen molar-refractivity contribution in [3.8, 4) is 0 Å². The molecule has 1 fully saturated rings. The van der Waals surface area contributed by atoms with E-state index in [0.717, 1.165) is 6.42 Å². The summed E-state index contributed by atoms with van der Waals surface area (Å²) in [6.07, 6.45) is 0.747. The van der Waals surface area contributed by atoms with Crippen molar-refractivity contribution in [3.63, 3.8) is 0 Å². The molecular weight excluding hydrogens is 252 g/mol. The molecule has 110 valence electrons. The van der Waals surface area contributed by atoms with Crippen LogP contribution in [0.4, 0.5) is 0 Å². The fraction of sp³-hybridized carbons (Fsp3) is 0.562. The van der Waals surface area contributed by atoms with Gasteiger partial charge in [0.15, 0.2) is 0 Å². The Kier molecular flexibility index (Phi) is 4.45. The number of hydrogen-bond acceptors (Lipinski definition) is 3. The van der Waals surface area contributed by atoms with Crippen LogP contribution in [0.25, 0.3) is 0 Å². The lowest BCUT2D eigenvalue weighted by Gasteiger charge is -2.46. The molecular formula is C16H24N2O2. The van der Waals surface area contributed by atoms with Crippen molar-refractivity contribution in [3.05, 3.63) is 35.4 Å². The number of likely N-dealkylation sites (tertiary alicyclic amines) is 1. The van der Waals surface area contributed by atoms with E-state index in [-0.39, 0.29) is 5.91 Å². The summed E-state index contributed by atoms with van der Waals surface area (Å²) >= 11 is 0. The number of rotatable bonds is 5. The van der Waals surface area contributed by atoms with Gasteiger partial charge in [0.25, 0.3) is 0 Å². The zero-order valence-corrected chi connectivity index (χ0v) is 12.6. The van der Waals surface area contributed by atoms with Crippen LogP contribution >= 0.6 is 0 Å². The highest BCUT2D eigenvalue weighted by Gasteiger charge is 2.40. The molecule has 0 atom stereocenters. The first-order valence-corrected chi connectivity index (χ1v) is 7.17. The first-order chi connectivity index (χ1) is 9.43. The van der Waals surface area contributed by atoms with E-state index in [2.05, 4.69) is 19.1 Å². The minimum atomic E-state index is -0.575. The maximum absolute atomic E-state index is 12.2. The molecule has 1 aliphatic rings. The average Bonchev–Trinajstić information content (AvgIpc) is 2.39. The van der Waals surface area contributed by atoms with E-state index in [1.54, 1.807) is 4.90 Å². The molecule has 4 heteroatoms. The molecule has 0 saturated carbocycles. The molecule has 0 unspecified atom stereocenters. The summed E-state index contributed by atoms with van der Waals surface area (Å²) in [6.45, 7) is 6.27. The van der Waals surface area contributed by atoms with Gasteiger partial charge in [-0.2, -0.15) is 0 Å². The molecule has 0 aliphatic carbocycles. The number of amides is 1. The third-order valence-corrected chi connectivity index (χ3v) is 4.15. The van der Waals surface area contributed by atoms with Gasteiger partial charge in [-0.15, -0.1) is 0 Å². The molecule has 1 heterocycles. The third kappa shape index (κ3) is 3.38. The summed E-state index contributed by atoms with van der Waals surface area (Å²) in [4.78, 5) is 15.9. The summed E-state index contributed by atoms with van der Waals surface area (Å²) in [5.41, 5.74) is 1.81. The number of aryl methyl sites for hydroxylation is 1. The van der Waals surface area contributed by atoms with Crippen LogP contribution in [0.5, 0.6) is 0 Å². The Morgan fingerprint density at radius 2 is 2.05 bits per heavy atom. The predicted octanol–water partition coefficient (Wildman–Crippen LogP) is 1.41. The van der Waals surface area contributed by atoms with E-state index < -0.39 is 5.60 Å². The third-order valence-electron chi connectivity index (χ3n) is 4.15. The zero-order chi connectivity index (χ0) is 14.8. The summed E-state index contributed by atoms with van der Waals surface area (Å²) in [7, 11) is 1.83. The molecule has 4 nitrogen and oxygen atoms in total. The van der Waals surface area contributed by atoms with Crippen molar-refractivity contribution in [2.24, 2.45) is 0 Å². The smallest absolute Gasteiger partial charge is 0.236 e. The van der Waals surface area contributed by atoms with Gasteiger partial charge in [0.05, 0.1) is 12.1 Å². The first kappa shape index (κ1) is 15.0. The number of hydrogen-bond donors (Lipinski definition) is 1. The van der Waals surface area contributed by atoms with Crippen molar-refractivity contribution in [2.75, 3.05) is 26.7 Å². The van der Waals surface area contributed by atoms with E-state index >= 15 is 0 Å². The summed E-state index contributed by atoms with van der Waals surface area (Å²) in [6, 6.07) is 8.12. The van der Waals surface area contributed by atoms with Crippen LogP contribution in [0.15, 0.2) is 24.3 Å². The highest BCUT2D eigenvalue weighted by Crippen LogP contribution is 2.23. The predicted molar refractivity (Wildman–Crippen MR) is 79.3 cm³/mol. The van der Waals surface area contributed by atoms with Crippen LogP contribution in [0.3, 0.4) is 0 Å². The van der Waals surface area contributed by atoms with E-state index in [1.807, 2.05) is 31.0 Å². The van der Waals surface area contributed by atoms with Gasteiger partial charge in [-0.3, -0.25) is 9.69 Å².